The Bertz CT molecular complexity index is 431. The van der Waals surface area contributed by atoms with Gasteiger partial charge in [-0.2, -0.15) is 0 Å². The predicted octanol–water partition coefficient (Wildman–Crippen LogP) is 2.33. The van der Waals surface area contributed by atoms with Crippen LogP contribution in [0.2, 0.25) is 0 Å². The normalized spacial score (nSPS) is 17.2. The van der Waals surface area contributed by atoms with E-state index in [0.29, 0.717) is 6.61 Å². The lowest BCUT2D eigenvalue weighted by Crippen LogP contribution is -2.31. The molecule has 0 amide bonds. The van der Waals surface area contributed by atoms with E-state index in [-0.39, 0.29) is 11.9 Å². The van der Waals surface area contributed by atoms with Crippen molar-refractivity contribution in [2.75, 3.05) is 6.61 Å². The SMILES string of the molecule is Cc1ccc(F)cc1C(NN)C1=CCCCO1. The topological polar surface area (TPSA) is 47.3 Å². The number of allylic oxidation sites excluding steroid dienone is 1. The molecule has 1 atom stereocenters. The summed E-state index contributed by atoms with van der Waals surface area (Å²) in [7, 11) is 0. The van der Waals surface area contributed by atoms with Crippen molar-refractivity contribution >= 4 is 0 Å². The van der Waals surface area contributed by atoms with E-state index in [2.05, 4.69) is 5.43 Å². The molecule has 1 aliphatic heterocycles. The molecule has 1 aromatic carbocycles. The quantitative estimate of drug-likeness (QED) is 0.625. The highest BCUT2D eigenvalue weighted by Gasteiger charge is 2.20. The van der Waals surface area contributed by atoms with Gasteiger partial charge in [0.05, 0.1) is 6.61 Å². The summed E-state index contributed by atoms with van der Waals surface area (Å²) in [6, 6.07) is 4.42. The highest BCUT2D eigenvalue weighted by atomic mass is 19.1. The minimum absolute atomic E-state index is 0.262. The van der Waals surface area contributed by atoms with Crippen LogP contribution in [0.5, 0.6) is 0 Å². The van der Waals surface area contributed by atoms with Crippen LogP contribution in [-0.2, 0) is 4.74 Å². The van der Waals surface area contributed by atoms with Crippen LogP contribution in [0.1, 0.15) is 30.0 Å². The number of halogens is 1. The Balaban J connectivity index is 2.34. The van der Waals surface area contributed by atoms with Crippen molar-refractivity contribution in [3.63, 3.8) is 0 Å². The fourth-order valence-corrected chi connectivity index (χ4v) is 2.03. The number of hydrogen-bond acceptors (Lipinski definition) is 3. The number of hydrogen-bond donors (Lipinski definition) is 2. The van der Waals surface area contributed by atoms with E-state index < -0.39 is 0 Å². The second-order valence-electron chi connectivity index (χ2n) is 4.20. The van der Waals surface area contributed by atoms with Gasteiger partial charge >= 0.3 is 0 Å². The molecule has 1 unspecified atom stereocenters. The number of aryl methyl sites for hydroxylation is 1. The molecule has 17 heavy (non-hydrogen) atoms. The van der Waals surface area contributed by atoms with Crippen molar-refractivity contribution in [1.82, 2.24) is 5.43 Å². The van der Waals surface area contributed by atoms with E-state index in [4.69, 9.17) is 10.6 Å². The molecule has 0 saturated heterocycles. The van der Waals surface area contributed by atoms with Gasteiger partial charge in [-0.15, -0.1) is 0 Å². The van der Waals surface area contributed by atoms with Crippen molar-refractivity contribution in [2.45, 2.75) is 25.8 Å². The highest BCUT2D eigenvalue weighted by molar-refractivity contribution is 5.34. The van der Waals surface area contributed by atoms with Crippen molar-refractivity contribution < 1.29 is 9.13 Å². The summed E-state index contributed by atoms with van der Waals surface area (Å²) in [5.41, 5.74) is 4.51. The standard InChI is InChI=1S/C13H17FN2O/c1-9-5-6-10(14)8-11(9)13(16-15)12-4-2-3-7-17-12/h4-6,8,13,16H,2-3,7,15H2,1H3. The zero-order valence-electron chi connectivity index (χ0n) is 9.87. The second-order valence-corrected chi connectivity index (χ2v) is 4.20. The van der Waals surface area contributed by atoms with Crippen LogP contribution in [0.4, 0.5) is 4.39 Å². The number of hydrazine groups is 1. The number of nitrogens with one attached hydrogen (secondary N) is 1. The fraction of sp³-hybridized carbons (Fsp3) is 0.385. The summed E-state index contributed by atoms with van der Waals surface area (Å²) in [5.74, 6) is 6.08. The Labute approximate surface area is 100 Å². The summed E-state index contributed by atoms with van der Waals surface area (Å²) < 4.78 is 18.9. The third kappa shape index (κ3) is 2.65. The van der Waals surface area contributed by atoms with Gasteiger partial charge in [-0.05, 0) is 49.1 Å². The van der Waals surface area contributed by atoms with Crippen molar-refractivity contribution in [1.29, 1.82) is 0 Å². The van der Waals surface area contributed by atoms with E-state index >= 15 is 0 Å². The summed E-state index contributed by atoms with van der Waals surface area (Å²) >= 11 is 0. The average molecular weight is 236 g/mol. The Hall–Kier alpha value is -1.39. The lowest BCUT2D eigenvalue weighted by Gasteiger charge is -2.24. The van der Waals surface area contributed by atoms with E-state index in [0.717, 1.165) is 29.7 Å². The van der Waals surface area contributed by atoms with Gasteiger partial charge in [-0.25, -0.2) is 9.82 Å². The minimum atomic E-state index is -0.272. The second kappa shape index (κ2) is 5.29. The maximum Gasteiger partial charge on any atom is 0.123 e. The summed E-state index contributed by atoms with van der Waals surface area (Å²) in [6.45, 7) is 2.63. The van der Waals surface area contributed by atoms with Crippen LogP contribution in [-0.4, -0.2) is 6.61 Å². The van der Waals surface area contributed by atoms with E-state index in [1.165, 1.54) is 12.1 Å². The first kappa shape index (κ1) is 12.1. The van der Waals surface area contributed by atoms with E-state index in [1.54, 1.807) is 6.07 Å². The van der Waals surface area contributed by atoms with Crippen molar-refractivity contribution in [3.8, 4) is 0 Å². The molecule has 1 aliphatic rings. The average Bonchev–Trinajstić information content (AvgIpc) is 2.36. The fourth-order valence-electron chi connectivity index (χ4n) is 2.03. The van der Waals surface area contributed by atoms with Gasteiger partial charge in [0.1, 0.15) is 17.6 Å². The maximum absolute atomic E-state index is 13.3. The van der Waals surface area contributed by atoms with Gasteiger partial charge in [0, 0.05) is 0 Å². The first-order valence-electron chi connectivity index (χ1n) is 5.77. The largest absolute Gasteiger partial charge is 0.496 e. The third-order valence-corrected chi connectivity index (χ3v) is 2.97. The van der Waals surface area contributed by atoms with Crippen LogP contribution in [0.15, 0.2) is 30.0 Å². The molecule has 92 valence electrons. The molecule has 3 nitrogen and oxygen atoms in total. The number of nitrogens with two attached hydrogens (primary N) is 1. The van der Waals surface area contributed by atoms with Gasteiger partial charge in [-0.3, -0.25) is 5.84 Å². The van der Waals surface area contributed by atoms with Crippen LogP contribution >= 0.6 is 0 Å². The maximum atomic E-state index is 13.3. The summed E-state index contributed by atoms with van der Waals surface area (Å²) in [5, 5.41) is 0. The Morgan fingerprint density at radius 3 is 2.94 bits per heavy atom. The van der Waals surface area contributed by atoms with Gasteiger partial charge < -0.3 is 4.74 Å². The van der Waals surface area contributed by atoms with E-state index in [1.807, 2.05) is 13.0 Å². The highest BCUT2D eigenvalue weighted by Crippen LogP contribution is 2.28. The molecule has 0 bridgehead atoms. The monoisotopic (exact) mass is 236 g/mol. The molecule has 1 aromatic rings. The molecule has 1 heterocycles. The van der Waals surface area contributed by atoms with Gasteiger partial charge in [0.25, 0.3) is 0 Å². The first-order valence-corrected chi connectivity index (χ1v) is 5.77. The van der Waals surface area contributed by atoms with Crippen LogP contribution in [0.3, 0.4) is 0 Å². The molecular formula is C13H17FN2O. The minimum Gasteiger partial charge on any atom is -0.496 e. The Morgan fingerprint density at radius 2 is 2.29 bits per heavy atom. The van der Waals surface area contributed by atoms with Gasteiger partial charge in [0.2, 0.25) is 0 Å². The predicted molar refractivity (Wildman–Crippen MR) is 64.5 cm³/mol. The Kier molecular flexibility index (Phi) is 3.76. The first-order chi connectivity index (χ1) is 8.22. The summed E-state index contributed by atoms with van der Waals surface area (Å²) in [4.78, 5) is 0. The van der Waals surface area contributed by atoms with Crippen LogP contribution in [0.25, 0.3) is 0 Å². The molecule has 3 N–H and O–H groups in total. The zero-order valence-corrected chi connectivity index (χ0v) is 9.87. The van der Waals surface area contributed by atoms with Crippen LogP contribution in [0, 0.1) is 12.7 Å². The van der Waals surface area contributed by atoms with Crippen molar-refractivity contribution in [3.05, 3.63) is 47.0 Å². The smallest absolute Gasteiger partial charge is 0.123 e. The zero-order chi connectivity index (χ0) is 12.3. The molecule has 0 saturated carbocycles. The molecule has 0 radical (unpaired) electrons. The third-order valence-electron chi connectivity index (χ3n) is 2.97. The van der Waals surface area contributed by atoms with E-state index in [9.17, 15) is 4.39 Å². The number of rotatable bonds is 3. The lowest BCUT2D eigenvalue weighted by molar-refractivity contribution is 0.167. The molecule has 0 aliphatic carbocycles. The van der Waals surface area contributed by atoms with Gasteiger partial charge in [0.15, 0.2) is 0 Å². The van der Waals surface area contributed by atoms with Crippen LogP contribution < -0.4 is 11.3 Å². The van der Waals surface area contributed by atoms with Gasteiger partial charge in [-0.1, -0.05) is 6.07 Å². The summed E-state index contributed by atoms with van der Waals surface area (Å²) in [6.07, 6.45) is 4.00. The molecule has 2 rings (SSSR count). The van der Waals surface area contributed by atoms with Crippen molar-refractivity contribution in [2.24, 2.45) is 5.84 Å². The Morgan fingerprint density at radius 1 is 1.47 bits per heavy atom. The molecule has 0 spiro atoms. The molecule has 0 fully saturated rings. The molecule has 4 heteroatoms. The molecule has 0 aromatic heterocycles. The number of benzene rings is 1. The number of ether oxygens (including phenoxy) is 1. The molecular weight excluding hydrogens is 219 g/mol. The lowest BCUT2D eigenvalue weighted by atomic mass is 9.98.